The summed E-state index contributed by atoms with van der Waals surface area (Å²) in [5.41, 5.74) is 2.32. The molecule has 112 valence electrons. The van der Waals surface area contributed by atoms with E-state index in [1.807, 2.05) is 48.3 Å². The van der Waals surface area contributed by atoms with Crippen LogP contribution >= 0.6 is 0 Å². The van der Waals surface area contributed by atoms with Crippen molar-refractivity contribution in [1.82, 2.24) is 15.2 Å². The molecule has 2 aromatic carbocycles. The quantitative estimate of drug-likeness (QED) is 0.797. The smallest absolute Gasteiger partial charge is 0.249 e. The Labute approximate surface area is 134 Å². The molecule has 0 radical (unpaired) electrons. The monoisotopic (exact) mass is 302 g/mol. The van der Waals surface area contributed by atoms with E-state index in [0.29, 0.717) is 17.3 Å². The van der Waals surface area contributed by atoms with E-state index in [1.165, 1.54) is 0 Å². The second kappa shape index (κ2) is 6.54. The van der Waals surface area contributed by atoms with Gasteiger partial charge in [0.1, 0.15) is 0 Å². The number of aromatic nitrogens is 3. The molecule has 0 atom stereocenters. The first-order chi connectivity index (χ1) is 11.3. The van der Waals surface area contributed by atoms with Gasteiger partial charge in [-0.15, -0.1) is 5.10 Å². The van der Waals surface area contributed by atoms with Crippen molar-refractivity contribution in [2.45, 2.75) is 0 Å². The Morgan fingerprint density at radius 2 is 1.91 bits per heavy atom. The zero-order valence-electron chi connectivity index (χ0n) is 12.5. The molecule has 0 bridgehead atoms. The maximum atomic E-state index is 8.94. The van der Waals surface area contributed by atoms with Gasteiger partial charge < -0.3 is 10.2 Å². The number of nitrogens with zero attached hydrogens (tertiary/aromatic N) is 5. The normalized spacial score (nSPS) is 9.91. The van der Waals surface area contributed by atoms with Gasteiger partial charge in [-0.05, 0) is 30.3 Å². The van der Waals surface area contributed by atoms with Crippen molar-refractivity contribution in [3.05, 3.63) is 66.4 Å². The van der Waals surface area contributed by atoms with Gasteiger partial charge in [0.2, 0.25) is 5.95 Å². The second-order valence-electron chi connectivity index (χ2n) is 4.85. The molecule has 1 aromatic heterocycles. The van der Waals surface area contributed by atoms with Gasteiger partial charge in [-0.2, -0.15) is 15.3 Å². The van der Waals surface area contributed by atoms with Crippen LogP contribution in [0.5, 0.6) is 0 Å². The average molecular weight is 302 g/mol. The van der Waals surface area contributed by atoms with Gasteiger partial charge in [-0.3, -0.25) is 0 Å². The number of benzene rings is 2. The maximum Gasteiger partial charge on any atom is 0.249 e. The van der Waals surface area contributed by atoms with E-state index in [-0.39, 0.29) is 0 Å². The van der Waals surface area contributed by atoms with E-state index in [0.717, 1.165) is 11.4 Å². The van der Waals surface area contributed by atoms with Crippen LogP contribution in [0.1, 0.15) is 5.56 Å². The summed E-state index contributed by atoms with van der Waals surface area (Å²) < 4.78 is 0. The molecule has 1 N–H and O–H groups in total. The summed E-state index contributed by atoms with van der Waals surface area (Å²) in [7, 11) is 1.92. The van der Waals surface area contributed by atoms with Crippen LogP contribution in [0.2, 0.25) is 0 Å². The van der Waals surface area contributed by atoms with Gasteiger partial charge in [0.15, 0.2) is 5.82 Å². The predicted octanol–water partition coefficient (Wildman–Crippen LogP) is 3.25. The molecule has 3 aromatic rings. The van der Waals surface area contributed by atoms with Gasteiger partial charge in [0, 0.05) is 18.4 Å². The van der Waals surface area contributed by atoms with Crippen molar-refractivity contribution in [2.24, 2.45) is 0 Å². The van der Waals surface area contributed by atoms with E-state index in [2.05, 4.69) is 26.6 Å². The van der Waals surface area contributed by atoms with E-state index in [1.54, 1.807) is 24.4 Å². The number of para-hydroxylation sites is 1. The number of nitriles is 1. The van der Waals surface area contributed by atoms with E-state index < -0.39 is 0 Å². The molecule has 0 fully saturated rings. The van der Waals surface area contributed by atoms with E-state index >= 15 is 0 Å². The minimum absolute atomic E-state index is 0.375. The molecule has 0 spiro atoms. The van der Waals surface area contributed by atoms with Crippen LogP contribution in [-0.4, -0.2) is 22.2 Å². The Balaban J connectivity index is 1.84. The summed E-state index contributed by atoms with van der Waals surface area (Å²) in [6.45, 7) is 0. The molecule has 0 saturated heterocycles. The molecule has 0 aliphatic heterocycles. The lowest BCUT2D eigenvalue weighted by molar-refractivity contribution is 0.957. The van der Waals surface area contributed by atoms with Gasteiger partial charge >= 0.3 is 0 Å². The average Bonchev–Trinajstić information content (AvgIpc) is 2.62. The first-order valence-electron chi connectivity index (χ1n) is 7.02. The summed E-state index contributed by atoms with van der Waals surface area (Å²) in [6.07, 6.45) is 1.60. The number of hydrogen-bond acceptors (Lipinski definition) is 6. The number of anilines is 4. The molecule has 0 saturated carbocycles. The summed E-state index contributed by atoms with van der Waals surface area (Å²) in [4.78, 5) is 6.38. The van der Waals surface area contributed by atoms with Gasteiger partial charge in [-0.25, -0.2) is 0 Å². The lowest BCUT2D eigenvalue weighted by Crippen LogP contribution is -2.13. The standard InChI is InChI=1S/C17H14N6/c1-23(15-8-3-2-4-9-15)16-12-19-22-17(21-16)20-14-7-5-6-13(10-14)11-18/h2-10,12H,1H3,(H,20,21,22). The molecule has 0 aliphatic carbocycles. The van der Waals surface area contributed by atoms with E-state index in [9.17, 15) is 0 Å². The largest absolute Gasteiger partial charge is 0.328 e. The molecule has 0 aliphatic rings. The van der Waals surface area contributed by atoms with Gasteiger partial charge in [0.25, 0.3) is 0 Å². The van der Waals surface area contributed by atoms with Crippen LogP contribution in [0.25, 0.3) is 0 Å². The molecular weight excluding hydrogens is 288 g/mol. The molecule has 1 heterocycles. The second-order valence-corrected chi connectivity index (χ2v) is 4.85. The predicted molar refractivity (Wildman–Crippen MR) is 88.8 cm³/mol. The third-order valence-electron chi connectivity index (χ3n) is 3.28. The van der Waals surface area contributed by atoms with Crippen molar-refractivity contribution >= 4 is 23.1 Å². The van der Waals surface area contributed by atoms with Crippen LogP contribution in [0.4, 0.5) is 23.1 Å². The summed E-state index contributed by atoms with van der Waals surface area (Å²) in [5, 5.41) is 20.0. The van der Waals surface area contributed by atoms with Gasteiger partial charge in [0.05, 0.1) is 17.8 Å². The van der Waals surface area contributed by atoms with Crippen LogP contribution in [0, 0.1) is 11.3 Å². The first kappa shape index (κ1) is 14.5. The van der Waals surface area contributed by atoms with Crippen molar-refractivity contribution in [1.29, 1.82) is 5.26 Å². The van der Waals surface area contributed by atoms with Crippen molar-refractivity contribution in [2.75, 3.05) is 17.3 Å². The summed E-state index contributed by atoms with van der Waals surface area (Å²) in [6, 6.07) is 19.1. The van der Waals surface area contributed by atoms with Crippen LogP contribution in [0.3, 0.4) is 0 Å². The third-order valence-corrected chi connectivity index (χ3v) is 3.28. The Kier molecular flexibility index (Phi) is 4.11. The number of hydrogen-bond donors (Lipinski definition) is 1. The van der Waals surface area contributed by atoms with Crippen molar-refractivity contribution in [3.63, 3.8) is 0 Å². The molecule has 6 heteroatoms. The first-order valence-corrected chi connectivity index (χ1v) is 7.02. The van der Waals surface area contributed by atoms with Crippen LogP contribution in [0.15, 0.2) is 60.8 Å². The Morgan fingerprint density at radius 1 is 1.09 bits per heavy atom. The molecular formula is C17H14N6. The minimum atomic E-state index is 0.375. The van der Waals surface area contributed by atoms with E-state index in [4.69, 9.17) is 5.26 Å². The maximum absolute atomic E-state index is 8.94. The highest BCUT2D eigenvalue weighted by atomic mass is 15.3. The topological polar surface area (TPSA) is 77.7 Å². The molecule has 23 heavy (non-hydrogen) atoms. The molecule has 6 nitrogen and oxygen atoms in total. The molecule has 3 rings (SSSR count). The van der Waals surface area contributed by atoms with Gasteiger partial charge in [-0.1, -0.05) is 24.3 Å². The summed E-state index contributed by atoms with van der Waals surface area (Å²) >= 11 is 0. The fourth-order valence-electron chi connectivity index (χ4n) is 2.09. The third kappa shape index (κ3) is 3.41. The highest BCUT2D eigenvalue weighted by molar-refractivity contribution is 5.61. The lowest BCUT2D eigenvalue weighted by Gasteiger charge is -2.18. The number of rotatable bonds is 4. The zero-order valence-corrected chi connectivity index (χ0v) is 12.5. The fourth-order valence-corrected chi connectivity index (χ4v) is 2.09. The Morgan fingerprint density at radius 3 is 2.70 bits per heavy atom. The highest BCUT2D eigenvalue weighted by Crippen LogP contribution is 2.21. The van der Waals surface area contributed by atoms with Crippen LogP contribution < -0.4 is 10.2 Å². The fraction of sp³-hybridized carbons (Fsp3) is 0.0588. The van der Waals surface area contributed by atoms with Crippen LogP contribution in [-0.2, 0) is 0 Å². The minimum Gasteiger partial charge on any atom is -0.328 e. The van der Waals surface area contributed by atoms with Crippen molar-refractivity contribution in [3.8, 4) is 6.07 Å². The highest BCUT2D eigenvalue weighted by Gasteiger charge is 2.08. The zero-order chi connectivity index (χ0) is 16.1. The number of nitrogens with one attached hydrogen (secondary N) is 1. The Hall–Kier alpha value is -3.46. The SMILES string of the molecule is CN(c1ccccc1)c1cnnc(Nc2cccc(C#N)c2)n1. The Bertz CT molecular complexity index is 841. The van der Waals surface area contributed by atoms with Crippen molar-refractivity contribution < 1.29 is 0 Å². The molecule has 0 amide bonds. The lowest BCUT2D eigenvalue weighted by atomic mass is 10.2. The summed E-state index contributed by atoms with van der Waals surface area (Å²) in [5.74, 6) is 1.05. The molecule has 0 unspecified atom stereocenters.